The maximum Gasteiger partial charge on any atom is 0.136 e. The van der Waals surface area contributed by atoms with Crippen LogP contribution in [0, 0.1) is 6.92 Å². The van der Waals surface area contributed by atoms with Gasteiger partial charge in [-0.1, -0.05) is 66.8 Å². The standard InChI is InChI=1S/C33H37N3O2/c1-4-9-27(12-6-14-29(37)22-26-11-8-20-38-21-19-26)30-15-7-13-28(18-17-24(30)2)31-23-34-36-33(31)32-16-5-10-25(3)35-32/h4-5,7,9-11,13,15-18,23H,2,6,8,12,14,19-22H2,1,3H3,(H,34,36)/b9-4-,15-7+,18-17-,28-13-,30-27+. The topological polar surface area (TPSA) is 67.9 Å². The van der Waals surface area contributed by atoms with E-state index in [0.717, 1.165) is 78.3 Å². The first-order valence-electron chi connectivity index (χ1n) is 13.4. The number of ketones is 1. The van der Waals surface area contributed by atoms with Crippen LogP contribution in [0.1, 0.15) is 56.7 Å². The van der Waals surface area contributed by atoms with E-state index in [1.165, 1.54) is 11.1 Å². The van der Waals surface area contributed by atoms with E-state index in [1.807, 2.05) is 38.2 Å². The number of allylic oxidation sites excluding steroid dienone is 11. The summed E-state index contributed by atoms with van der Waals surface area (Å²) >= 11 is 0. The van der Waals surface area contributed by atoms with Crippen LogP contribution in [0.2, 0.25) is 0 Å². The van der Waals surface area contributed by atoms with Gasteiger partial charge in [-0.2, -0.15) is 5.10 Å². The molecule has 0 bridgehead atoms. The van der Waals surface area contributed by atoms with Crippen molar-refractivity contribution >= 4 is 11.4 Å². The third-order valence-corrected chi connectivity index (χ3v) is 6.73. The number of ether oxygens (including phenoxy) is 1. The van der Waals surface area contributed by atoms with E-state index in [0.29, 0.717) is 18.6 Å². The molecule has 0 fully saturated rings. The summed E-state index contributed by atoms with van der Waals surface area (Å²) in [6, 6.07) is 5.96. The van der Waals surface area contributed by atoms with Crippen molar-refractivity contribution in [3.63, 3.8) is 0 Å². The van der Waals surface area contributed by atoms with Crippen LogP contribution < -0.4 is 0 Å². The third-order valence-electron chi connectivity index (χ3n) is 6.73. The lowest BCUT2D eigenvalue weighted by atomic mass is 9.92. The summed E-state index contributed by atoms with van der Waals surface area (Å²) in [6.45, 7) is 9.84. The second-order valence-electron chi connectivity index (χ2n) is 9.67. The van der Waals surface area contributed by atoms with Crippen molar-refractivity contribution in [2.75, 3.05) is 13.2 Å². The predicted molar refractivity (Wildman–Crippen MR) is 155 cm³/mol. The number of carbonyl (C=O) groups is 1. The molecular formula is C33H37N3O2. The Morgan fingerprint density at radius 1 is 1.18 bits per heavy atom. The molecule has 0 amide bonds. The van der Waals surface area contributed by atoms with Gasteiger partial charge in [0.05, 0.1) is 18.9 Å². The number of hydrogen-bond donors (Lipinski definition) is 1. The highest BCUT2D eigenvalue weighted by Crippen LogP contribution is 2.30. The lowest BCUT2D eigenvalue weighted by Gasteiger charge is -2.13. The summed E-state index contributed by atoms with van der Waals surface area (Å²) in [7, 11) is 0. The highest BCUT2D eigenvalue weighted by molar-refractivity contribution is 5.84. The molecule has 0 saturated carbocycles. The van der Waals surface area contributed by atoms with E-state index in [4.69, 9.17) is 4.74 Å². The van der Waals surface area contributed by atoms with Gasteiger partial charge in [0.1, 0.15) is 11.5 Å². The van der Waals surface area contributed by atoms with E-state index in [9.17, 15) is 4.79 Å². The number of H-pyrrole nitrogens is 1. The zero-order valence-electron chi connectivity index (χ0n) is 22.5. The molecule has 3 heterocycles. The van der Waals surface area contributed by atoms with Crippen LogP contribution in [0.4, 0.5) is 0 Å². The Morgan fingerprint density at radius 3 is 2.92 bits per heavy atom. The van der Waals surface area contributed by atoms with Gasteiger partial charge in [-0.3, -0.25) is 14.9 Å². The fraction of sp³-hybridized carbons (Fsp3) is 0.303. The summed E-state index contributed by atoms with van der Waals surface area (Å²) in [5.41, 5.74) is 9.10. The summed E-state index contributed by atoms with van der Waals surface area (Å²) in [5, 5.41) is 7.47. The van der Waals surface area contributed by atoms with Crippen molar-refractivity contribution in [3.05, 3.63) is 113 Å². The molecule has 0 atom stereocenters. The van der Waals surface area contributed by atoms with Gasteiger partial charge in [0.25, 0.3) is 0 Å². The number of pyridine rings is 1. The van der Waals surface area contributed by atoms with E-state index in [2.05, 4.69) is 70.4 Å². The Balaban J connectivity index is 1.48. The Morgan fingerprint density at radius 2 is 2.08 bits per heavy atom. The second kappa shape index (κ2) is 13.6. The molecule has 0 saturated heterocycles. The van der Waals surface area contributed by atoms with Crippen molar-refractivity contribution in [3.8, 4) is 11.4 Å². The van der Waals surface area contributed by atoms with Crippen LogP contribution in [0.25, 0.3) is 17.0 Å². The van der Waals surface area contributed by atoms with E-state index >= 15 is 0 Å². The first-order valence-corrected chi connectivity index (χ1v) is 13.4. The van der Waals surface area contributed by atoms with E-state index in [1.54, 1.807) is 0 Å². The SMILES string of the molecule is C=C1\C=C/C(c2c[nH]nc2-c2cccc(C)n2)=C/C=C/C1=C(/C=C\C)CCCC(=O)CC1=CCCOCC1. The predicted octanol–water partition coefficient (Wildman–Crippen LogP) is 7.58. The Bertz CT molecular complexity index is 1350. The molecule has 0 aromatic carbocycles. The number of rotatable bonds is 9. The van der Waals surface area contributed by atoms with Crippen LogP contribution in [0.15, 0.2) is 102 Å². The molecule has 1 aliphatic carbocycles. The zero-order valence-corrected chi connectivity index (χ0v) is 22.5. The molecule has 4 rings (SSSR count). The van der Waals surface area contributed by atoms with E-state index in [-0.39, 0.29) is 0 Å². The Kier molecular flexibility index (Phi) is 9.77. The minimum Gasteiger partial charge on any atom is -0.381 e. The average molecular weight is 508 g/mol. The number of aromatic nitrogens is 3. The van der Waals surface area contributed by atoms with E-state index < -0.39 is 0 Å². The Hall–Kier alpha value is -3.83. The molecule has 5 heteroatoms. The fourth-order valence-corrected chi connectivity index (χ4v) is 4.80. The normalized spacial score (nSPS) is 20.6. The summed E-state index contributed by atoms with van der Waals surface area (Å²) < 4.78 is 5.49. The minimum atomic E-state index is 0.307. The largest absolute Gasteiger partial charge is 0.381 e. The monoisotopic (exact) mass is 507 g/mol. The average Bonchev–Trinajstić information content (AvgIpc) is 3.24. The summed E-state index contributed by atoms with van der Waals surface area (Å²) in [4.78, 5) is 17.3. The van der Waals surface area contributed by atoms with Crippen LogP contribution in [0.5, 0.6) is 0 Å². The van der Waals surface area contributed by atoms with Gasteiger partial charge in [0.15, 0.2) is 0 Å². The van der Waals surface area contributed by atoms with Crippen molar-refractivity contribution in [2.45, 2.75) is 52.4 Å². The van der Waals surface area contributed by atoms with Gasteiger partial charge in [-0.15, -0.1) is 0 Å². The summed E-state index contributed by atoms with van der Waals surface area (Å²) in [6.07, 6.45) is 23.2. The number of nitrogens with zero attached hydrogens (tertiary/aromatic N) is 2. The third kappa shape index (κ3) is 7.36. The van der Waals surface area contributed by atoms with Gasteiger partial charge in [-0.05, 0) is 74.0 Å². The van der Waals surface area contributed by atoms with Crippen molar-refractivity contribution in [1.29, 1.82) is 0 Å². The number of nitrogens with one attached hydrogen (secondary N) is 1. The fourth-order valence-electron chi connectivity index (χ4n) is 4.80. The van der Waals surface area contributed by atoms with Gasteiger partial charge in [0.2, 0.25) is 0 Å². The molecule has 2 aromatic rings. The smallest absolute Gasteiger partial charge is 0.136 e. The van der Waals surface area contributed by atoms with Crippen LogP contribution in [-0.2, 0) is 9.53 Å². The lowest BCUT2D eigenvalue weighted by molar-refractivity contribution is -0.118. The maximum absolute atomic E-state index is 12.6. The Labute approximate surface area is 226 Å². The number of Topliss-reactive ketones (excluding diaryl/α,β-unsaturated/α-hetero) is 1. The maximum atomic E-state index is 12.6. The first kappa shape index (κ1) is 27.2. The molecule has 1 N–H and O–H groups in total. The molecule has 1 aliphatic heterocycles. The molecule has 38 heavy (non-hydrogen) atoms. The van der Waals surface area contributed by atoms with Crippen LogP contribution in [0.3, 0.4) is 0 Å². The van der Waals surface area contributed by atoms with Gasteiger partial charge in [-0.25, -0.2) is 0 Å². The first-order chi connectivity index (χ1) is 18.5. The van der Waals surface area contributed by atoms with Gasteiger partial charge < -0.3 is 4.74 Å². The van der Waals surface area contributed by atoms with Crippen LogP contribution in [-0.4, -0.2) is 34.2 Å². The van der Waals surface area contributed by atoms with Crippen molar-refractivity contribution < 1.29 is 9.53 Å². The molecule has 2 aliphatic rings. The minimum absolute atomic E-state index is 0.307. The summed E-state index contributed by atoms with van der Waals surface area (Å²) in [5.74, 6) is 0.307. The van der Waals surface area contributed by atoms with Crippen molar-refractivity contribution in [2.24, 2.45) is 0 Å². The molecular weight excluding hydrogens is 470 g/mol. The number of aromatic amines is 1. The quantitative estimate of drug-likeness (QED) is 0.355. The van der Waals surface area contributed by atoms with Crippen LogP contribution >= 0.6 is 0 Å². The highest BCUT2D eigenvalue weighted by Gasteiger charge is 2.14. The van der Waals surface area contributed by atoms with Gasteiger partial charge >= 0.3 is 0 Å². The molecule has 5 nitrogen and oxygen atoms in total. The molecule has 2 aromatic heterocycles. The van der Waals surface area contributed by atoms with Gasteiger partial charge in [0, 0.05) is 30.3 Å². The lowest BCUT2D eigenvalue weighted by Crippen LogP contribution is -2.02. The highest BCUT2D eigenvalue weighted by atomic mass is 16.5. The molecule has 0 radical (unpaired) electrons. The second-order valence-corrected chi connectivity index (χ2v) is 9.67. The van der Waals surface area contributed by atoms with Crippen molar-refractivity contribution in [1.82, 2.24) is 15.2 Å². The molecule has 196 valence electrons. The molecule has 0 spiro atoms. The zero-order chi connectivity index (χ0) is 26.7. The number of aryl methyl sites for hydroxylation is 1. The number of carbonyl (C=O) groups excluding carboxylic acids is 1. The number of hydrogen-bond acceptors (Lipinski definition) is 4. The molecule has 0 unspecified atom stereocenters.